The molecular formula is C12H23N3O5. The minimum absolute atomic E-state index is 0.0993. The van der Waals surface area contributed by atoms with Gasteiger partial charge in [-0.1, -0.05) is 0 Å². The maximum Gasteiger partial charge on any atom is 0.322 e. The van der Waals surface area contributed by atoms with Gasteiger partial charge in [0.1, 0.15) is 6.54 Å². The number of aliphatic carboxylic acids is 2. The normalized spacial score (nSPS) is 21.3. The van der Waals surface area contributed by atoms with E-state index in [1.54, 1.807) is 0 Å². The third-order valence-electron chi connectivity index (χ3n) is 3.15. The lowest BCUT2D eigenvalue weighted by Gasteiger charge is -2.24. The van der Waals surface area contributed by atoms with Crippen molar-refractivity contribution in [1.82, 2.24) is 5.32 Å². The lowest BCUT2D eigenvalue weighted by atomic mass is 9.82. The molecule has 1 rings (SSSR count). The summed E-state index contributed by atoms with van der Waals surface area (Å²) in [4.78, 5) is 30.5. The van der Waals surface area contributed by atoms with Gasteiger partial charge in [-0.05, 0) is 38.1 Å². The molecule has 1 amide bonds. The molecule has 0 aliphatic heterocycles. The number of hydrogen-bond acceptors (Lipinski definition) is 5. The molecule has 1 saturated carbocycles. The van der Waals surface area contributed by atoms with E-state index in [1.807, 2.05) is 0 Å². The quantitative estimate of drug-likeness (QED) is 0.433. The summed E-state index contributed by atoms with van der Waals surface area (Å²) in [6.45, 7) is 0.176. The number of nitrogens with two attached hydrogens (primary N) is 2. The van der Waals surface area contributed by atoms with Crippen molar-refractivity contribution in [3.05, 3.63) is 0 Å². The van der Waals surface area contributed by atoms with Crippen molar-refractivity contribution in [2.24, 2.45) is 23.3 Å². The monoisotopic (exact) mass is 289 g/mol. The smallest absolute Gasteiger partial charge is 0.322 e. The van der Waals surface area contributed by atoms with Crippen LogP contribution in [0, 0.1) is 11.8 Å². The van der Waals surface area contributed by atoms with Gasteiger partial charge >= 0.3 is 11.9 Å². The SMILES string of the molecule is NCC(=O)NCC(=O)O.NCC1CCC(C(=O)O)CC1. The largest absolute Gasteiger partial charge is 0.481 e. The zero-order valence-electron chi connectivity index (χ0n) is 11.4. The molecule has 20 heavy (non-hydrogen) atoms. The summed E-state index contributed by atoms with van der Waals surface area (Å²) in [7, 11) is 0. The van der Waals surface area contributed by atoms with Crippen molar-refractivity contribution < 1.29 is 24.6 Å². The van der Waals surface area contributed by atoms with E-state index in [0.29, 0.717) is 12.5 Å². The molecule has 8 nitrogen and oxygen atoms in total. The van der Waals surface area contributed by atoms with Gasteiger partial charge in [0.25, 0.3) is 0 Å². The summed E-state index contributed by atoms with van der Waals surface area (Å²) in [5, 5.41) is 18.7. The second kappa shape index (κ2) is 10.2. The minimum Gasteiger partial charge on any atom is -0.481 e. The Kier molecular flexibility index (Phi) is 9.31. The lowest BCUT2D eigenvalue weighted by molar-refractivity contribution is -0.143. The van der Waals surface area contributed by atoms with E-state index in [2.05, 4.69) is 5.32 Å². The average molecular weight is 289 g/mol. The second-order valence-corrected chi connectivity index (χ2v) is 4.67. The number of carbonyl (C=O) groups is 3. The minimum atomic E-state index is -1.07. The predicted octanol–water partition coefficient (Wildman–Crippen LogP) is -1.02. The summed E-state index contributed by atoms with van der Waals surface area (Å²) in [5.41, 5.74) is 10.3. The van der Waals surface area contributed by atoms with Crippen LogP contribution in [0.25, 0.3) is 0 Å². The van der Waals surface area contributed by atoms with Crippen LogP contribution in [0.15, 0.2) is 0 Å². The highest BCUT2D eigenvalue weighted by Crippen LogP contribution is 2.27. The number of hydrogen-bond donors (Lipinski definition) is 5. The Hall–Kier alpha value is -1.67. The topological polar surface area (TPSA) is 156 Å². The fraction of sp³-hybridized carbons (Fsp3) is 0.750. The zero-order chi connectivity index (χ0) is 15.5. The van der Waals surface area contributed by atoms with Crippen LogP contribution in [-0.4, -0.2) is 47.7 Å². The molecule has 1 aliphatic carbocycles. The summed E-state index contributed by atoms with van der Waals surface area (Å²) >= 11 is 0. The van der Waals surface area contributed by atoms with Crippen molar-refractivity contribution in [2.45, 2.75) is 25.7 Å². The molecule has 0 aromatic heterocycles. The van der Waals surface area contributed by atoms with Crippen molar-refractivity contribution in [3.8, 4) is 0 Å². The molecule has 0 unspecified atom stereocenters. The van der Waals surface area contributed by atoms with E-state index < -0.39 is 17.8 Å². The van der Waals surface area contributed by atoms with Crippen LogP contribution in [0.4, 0.5) is 0 Å². The number of amides is 1. The first-order valence-corrected chi connectivity index (χ1v) is 6.52. The third kappa shape index (κ3) is 8.44. The van der Waals surface area contributed by atoms with E-state index in [9.17, 15) is 14.4 Å². The van der Waals surface area contributed by atoms with E-state index in [4.69, 9.17) is 21.7 Å². The van der Waals surface area contributed by atoms with Crippen LogP contribution in [-0.2, 0) is 14.4 Å². The molecule has 0 spiro atoms. The first-order chi connectivity index (χ1) is 9.40. The number of nitrogens with one attached hydrogen (secondary N) is 1. The summed E-state index contributed by atoms with van der Waals surface area (Å²) in [5.74, 6) is -1.70. The molecule has 0 aromatic rings. The number of carboxylic acids is 2. The van der Waals surface area contributed by atoms with Gasteiger partial charge in [-0.15, -0.1) is 0 Å². The van der Waals surface area contributed by atoms with Gasteiger partial charge in [0.2, 0.25) is 5.91 Å². The lowest BCUT2D eigenvalue weighted by Crippen LogP contribution is -2.34. The van der Waals surface area contributed by atoms with Crippen molar-refractivity contribution in [1.29, 1.82) is 0 Å². The highest BCUT2D eigenvalue weighted by atomic mass is 16.4. The van der Waals surface area contributed by atoms with Crippen LogP contribution in [0.1, 0.15) is 25.7 Å². The van der Waals surface area contributed by atoms with E-state index in [1.165, 1.54) is 0 Å². The molecule has 116 valence electrons. The van der Waals surface area contributed by atoms with Crippen molar-refractivity contribution in [2.75, 3.05) is 19.6 Å². The molecular weight excluding hydrogens is 266 g/mol. The summed E-state index contributed by atoms with van der Waals surface area (Å²) in [6.07, 6.45) is 3.62. The first kappa shape index (κ1) is 18.3. The molecule has 0 atom stereocenters. The van der Waals surface area contributed by atoms with Gasteiger partial charge in [0.05, 0.1) is 12.5 Å². The van der Waals surface area contributed by atoms with Gasteiger partial charge in [0, 0.05) is 0 Å². The van der Waals surface area contributed by atoms with Crippen molar-refractivity contribution in [3.63, 3.8) is 0 Å². The Morgan fingerprint density at radius 3 is 1.95 bits per heavy atom. The third-order valence-corrected chi connectivity index (χ3v) is 3.15. The van der Waals surface area contributed by atoms with E-state index in [-0.39, 0.29) is 19.0 Å². The highest BCUT2D eigenvalue weighted by Gasteiger charge is 2.24. The Bertz CT molecular complexity index is 327. The molecule has 0 heterocycles. The summed E-state index contributed by atoms with van der Waals surface area (Å²) < 4.78 is 0. The maximum atomic E-state index is 10.5. The fourth-order valence-corrected chi connectivity index (χ4v) is 1.89. The first-order valence-electron chi connectivity index (χ1n) is 6.52. The number of carboxylic acid groups (broad SMARTS) is 2. The van der Waals surface area contributed by atoms with Gasteiger partial charge in [-0.2, -0.15) is 0 Å². The van der Waals surface area contributed by atoms with E-state index in [0.717, 1.165) is 25.7 Å². The molecule has 1 fully saturated rings. The van der Waals surface area contributed by atoms with Crippen LogP contribution < -0.4 is 16.8 Å². The zero-order valence-corrected chi connectivity index (χ0v) is 11.4. The van der Waals surface area contributed by atoms with Gasteiger partial charge < -0.3 is 27.0 Å². The Balaban J connectivity index is 0.000000370. The van der Waals surface area contributed by atoms with Gasteiger partial charge in [0.15, 0.2) is 0 Å². The molecule has 0 aromatic carbocycles. The summed E-state index contributed by atoms with van der Waals surface area (Å²) in [6, 6.07) is 0. The van der Waals surface area contributed by atoms with Crippen LogP contribution in [0.3, 0.4) is 0 Å². The van der Waals surface area contributed by atoms with Crippen molar-refractivity contribution >= 4 is 17.8 Å². The second-order valence-electron chi connectivity index (χ2n) is 4.67. The Morgan fingerprint density at radius 1 is 1.05 bits per heavy atom. The molecule has 7 N–H and O–H groups in total. The Morgan fingerprint density at radius 2 is 1.60 bits per heavy atom. The average Bonchev–Trinajstić information content (AvgIpc) is 2.45. The molecule has 0 radical (unpaired) electrons. The predicted molar refractivity (Wildman–Crippen MR) is 71.8 cm³/mol. The highest BCUT2D eigenvalue weighted by molar-refractivity contribution is 5.82. The van der Waals surface area contributed by atoms with E-state index >= 15 is 0 Å². The fourth-order valence-electron chi connectivity index (χ4n) is 1.89. The Labute approximate surface area is 117 Å². The van der Waals surface area contributed by atoms with Crippen LogP contribution >= 0.6 is 0 Å². The standard InChI is InChI=1S/C8H15NO2.C4H8N2O3/c9-5-6-1-3-7(4-2-6)8(10)11;5-1-3(7)6-2-4(8)9/h6-7H,1-5,9H2,(H,10,11);1-2,5H2,(H,6,7)(H,8,9). The maximum absolute atomic E-state index is 10.5. The molecule has 1 aliphatic rings. The van der Waals surface area contributed by atoms with Crippen LogP contribution in [0.5, 0.6) is 0 Å². The molecule has 8 heteroatoms. The van der Waals surface area contributed by atoms with Gasteiger partial charge in [-0.3, -0.25) is 14.4 Å². The molecule has 0 bridgehead atoms. The van der Waals surface area contributed by atoms with Crippen LogP contribution in [0.2, 0.25) is 0 Å². The number of carbonyl (C=O) groups excluding carboxylic acids is 1. The molecule has 0 saturated heterocycles. The van der Waals surface area contributed by atoms with Gasteiger partial charge in [-0.25, -0.2) is 0 Å². The number of rotatable bonds is 5.